The van der Waals surface area contributed by atoms with Crippen molar-refractivity contribution in [1.82, 2.24) is 25.6 Å². The van der Waals surface area contributed by atoms with Gasteiger partial charge in [0.25, 0.3) is 0 Å². The molecule has 0 aliphatic heterocycles. The van der Waals surface area contributed by atoms with Crippen molar-refractivity contribution in [3.8, 4) is 0 Å². The van der Waals surface area contributed by atoms with E-state index >= 15 is 0 Å². The molecule has 0 bridgehead atoms. The van der Waals surface area contributed by atoms with E-state index < -0.39 is 6.04 Å². The third-order valence-corrected chi connectivity index (χ3v) is 4.34. The SMILES string of the molecule is CCNCc1cn(CC(=O)N[C@@H](CC(C)C)C(=O)C(C)C)nn1.Cc1ccccc1.[HH].[HH]. The van der Waals surface area contributed by atoms with Crippen LogP contribution in [0, 0.1) is 18.8 Å². The zero-order chi connectivity index (χ0) is 22.5. The number of aromatic nitrogens is 3. The summed E-state index contributed by atoms with van der Waals surface area (Å²) in [5.41, 5.74) is 2.11. The number of benzene rings is 1. The normalized spacial score (nSPS) is 11.7. The molecule has 0 fully saturated rings. The largest absolute Gasteiger partial charge is 0.345 e. The minimum Gasteiger partial charge on any atom is -0.345 e. The van der Waals surface area contributed by atoms with Crippen molar-refractivity contribution in [1.29, 1.82) is 0 Å². The Kier molecular flexibility index (Phi) is 11.6. The molecule has 7 heteroatoms. The molecular formula is C23H41N5O2. The van der Waals surface area contributed by atoms with E-state index in [0.717, 1.165) is 12.2 Å². The first-order valence-electron chi connectivity index (χ1n) is 10.7. The Morgan fingerprint density at radius 1 is 1.13 bits per heavy atom. The highest BCUT2D eigenvalue weighted by Gasteiger charge is 2.24. The summed E-state index contributed by atoms with van der Waals surface area (Å²) < 4.78 is 1.49. The second-order valence-electron chi connectivity index (χ2n) is 8.15. The number of nitrogens with one attached hydrogen (secondary N) is 2. The Hall–Kier alpha value is -2.54. The first kappa shape index (κ1) is 25.5. The third kappa shape index (κ3) is 10.3. The number of carbonyl (C=O) groups is 2. The number of Topliss-reactive ketones (excluding diaryl/α,β-unsaturated/α-hetero) is 1. The first-order valence-corrected chi connectivity index (χ1v) is 10.7. The second-order valence-corrected chi connectivity index (χ2v) is 8.15. The van der Waals surface area contributed by atoms with Crippen LogP contribution >= 0.6 is 0 Å². The predicted molar refractivity (Wildman–Crippen MR) is 124 cm³/mol. The molecule has 1 aromatic carbocycles. The number of hydrogen-bond acceptors (Lipinski definition) is 5. The van der Waals surface area contributed by atoms with Gasteiger partial charge in [0, 0.05) is 15.3 Å². The van der Waals surface area contributed by atoms with Crippen LogP contribution in [-0.2, 0) is 22.7 Å². The van der Waals surface area contributed by atoms with Gasteiger partial charge in [-0.1, -0.05) is 75.7 Å². The van der Waals surface area contributed by atoms with Crippen molar-refractivity contribution < 1.29 is 12.4 Å². The maximum Gasteiger partial charge on any atom is 0.242 e. The summed E-state index contributed by atoms with van der Waals surface area (Å²) in [6.45, 7) is 13.4. The van der Waals surface area contributed by atoms with Gasteiger partial charge in [-0.15, -0.1) is 5.10 Å². The van der Waals surface area contributed by atoms with Crippen LogP contribution in [0.5, 0.6) is 0 Å². The highest BCUT2D eigenvalue weighted by atomic mass is 16.2. The minimum atomic E-state index is -0.438. The van der Waals surface area contributed by atoms with Crippen LogP contribution in [0.1, 0.15) is 55.2 Å². The maximum atomic E-state index is 12.2. The van der Waals surface area contributed by atoms with Gasteiger partial charge in [-0.3, -0.25) is 9.59 Å². The van der Waals surface area contributed by atoms with Crippen LogP contribution < -0.4 is 10.6 Å². The Morgan fingerprint density at radius 3 is 2.30 bits per heavy atom. The fraction of sp³-hybridized carbons (Fsp3) is 0.565. The summed E-state index contributed by atoms with van der Waals surface area (Å²) >= 11 is 0. The van der Waals surface area contributed by atoms with Crippen molar-refractivity contribution in [3.63, 3.8) is 0 Å². The molecule has 170 valence electrons. The van der Waals surface area contributed by atoms with E-state index in [0.29, 0.717) is 18.9 Å². The lowest BCUT2D eigenvalue weighted by Gasteiger charge is -2.21. The monoisotopic (exact) mass is 419 g/mol. The van der Waals surface area contributed by atoms with E-state index in [1.807, 2.05) is 52.8 Å². The minimum absolute atomic E-state index is 0. The molecule has 0 spiro atoms. The molecule has 2 aromatic rings. The smallest absolute Gasteiger partial charge is 0.242 e. The fourth-order valence-corrected chi connectivity index (χ4v) is 2.79. The summed E-state index contributed by atoms with van der Waals surface area (Å²) in [6, 6.07) is 9.82. The molecule has 0 radical (unpaired) electrons. The van der Waals surface area contributed by atoms with Gasteiger partial charge in [-0.2, -0.15) is 0 Å². The first-order chi connectivity index (χ1) is 14.2. The van der Waals surface area contributed by atoms with Crippen LogP contribution in [0.4, 0.5) is 0 Å². The molecule has 30 heavy (non-hydrogen) atoms. The van der Waals surface area contributed by atoms with Gasteiger partial charge in [0.1, 0.15) is 6.54 Å². The molecular weight excluding hydrogens is 378 g/mol. The maximum absolute atomic E-state index is 12.2. The summed E-state index contributed by atoms with van der Waals surface area (Å²) in [5, 5.41) is 13.9. The number of aryl methyl sites for hydroxylation is 1. The molecule has 1 heterocycles. The zero-order valence-corrected chi connectivity index (χ0v) is 19.2. The molecule has 1 aromatic heterocycles. The van der Waals surface area contributed by atoms with Crippen LogP contribution in [0.3, 0.4) is 0 Å². The van der Waals surface area contributed by atoms with Gasteiger partial charge in [0.2, 0.25) is 5.91 Å². The molecule has 2 N–H and O–H groups in total. The number of ketones is 1. The molecule has 1 amide bonds. The molecule has 0 unspecified atom stereocenters. The van der Waals surface area contributed by atoms with Crippen molar-refractivity contribution in [2.45, 2.75) is 67.1 Å². The van der Waals surface area contributed by atoms with E-state index in [1.54, 1.807) is 6.20 Å². The average molecular weight is 420 g/mol. The van der Waals surface area contributed by atoms with Crippen molar-refractivity contribution >= 4 is 11.7 Å². The average Bonchev–Trinajstić information content (AvgIpc) is 3.13. The lowest BCUT2D eigenvalue weighted by atomic mass is 9.94. The Morgan fingerprint density at radius 2 is 1.80 bits per heavy atom. The predicted octanol–water partition coefficient (Wildman–Crippen LogP) is 3.63. The Bertz CT molecular complexity index is 767. The van der Waals surface area contributed by atoms with E-state index in [-0.39, 0.29) is 27.0 Å². The topological polar surface area (TPSA) is 88.9 Å². The van der Waals surface area contributed by atoms with Gasteiger partial charge in [0.05, 0.1) is 17.9 Å². The molecule has 0 aliphatic rings. The summed E-state index contributed by atoms with van der Waals surface area (Å²) in [5.74, 6) is 0.0845. The molecule has 2 rings (SSSR count). The Balaban J connectivity index is 0. The van der Waals surface area contributed by atoms with E-state index in [1.165, 1.54) is 10.2 Å². The number of amides is 1. The van der Waals surface area contributed by atoms with Crippen LogP contribution in [0.25, 0.3) is 0 Å². The highest BCUT2D eigenvalue weighted by molar-refractivity contribution is 5.90. The zero-order valence-electron chi connectivity index (χ0n) is 19.2. The van der Waals surface area contributed by atoms with Crippen molar-refractivity contribution in [3.05, 3.63) is 47.8 Å². The van der Waals surface area contributed by atoms with E-state index in [2.05, 4.69) is 40.0 Å². The van der Waals surface area contributed by atoms with Gasteiger partial charge in [0.15, 0.2) is 5.78 Å². The number of rotatable bonds is 10. The number of nitrogens with zero attached hydrogens (tertiary/aromatic N) is 3. The van der Waals surface area contributed by atoms with Gasteiger partial charge in [-0.25, -0.2) is 4.68 Å². The molecule has 0 aliphatic carbocycles. The lowest BCUT2D eigenvalue weighted by Crippen LogP contribution is -2.44. The highest BCUT2D eigenvalue weighted by Crippen LogP contribution is 2.10. The molecule has 7 nitrogen and oxygen atoms in total. The summed E-state index contributed by atoms with van der Waals surface area (Å²) in [6.07, 6.45) is 2.38. The van der Waals surface area contributed by atoms with Crippen molar-refractivity contribution in [2.75, 3.05) is 6.54 Å². The second kappa shape index (κ2) is 13.6. The molecule has 0 saturated carbocycles. The van der Waals surface area contributed by atoms with E-state index in [9.17, 15) is 9.59 Å². The number of carbonyl (C=O) groups excluding carboxylic acids is 2. The van der Waals surface area contributed by atoms with Crippen LogP contribution in [0.2, 0.25) is 0 Å². The fourth-order valence-electron chi connectivity index (χ4n) is 2.79. The Labute approximate surface area is 183 Å². The van der Waals surface area contributed by atoms with Gasteiger partial charge in [-0.05, 0) is 25.8 Å². The van der Waals surface area contributed by atoms with Gasteiger partial charge >= 0.3 is 0 Å². The molecule has 1 atom stereocenters. The number of hydrogen-bond donors (Lipinski definition) is 2. The van der Waals surface area contributed by atoms with Crippen molar-refractivity contribution in [2.24, 2.45) is 11.8 Å². The summed E-state index contributed by atoms with van der Waals surface area (Å²) in [7, 11) is 0. The van der Waals surface area contributed by atoms with Gasteiger partial charge < -0.3 is 10.6 Å². The standard InChI is InChI=1S/C16H29N5O2.C7H8.2H2/c1-6-17-8-13-9-21(20-19-13)10-15(22)18-14(7-11(2)3)16(23)12(4)5;1-7-5-3-2-4-6-7;;/h9,11-12,14,17H,6-8,10H2,1-5H3,(H,18,22);2-6H,1H3;2*1H/t14-;;;/m0.../s1. The van der Waals surface area contributed by atoms with Crippen LogP contribution in [-0.4, -0.2) is 39.3 Å². The molecule has 0 saturated heterocycles. The summed E-state index contributed by atoms with van der Waals surface area (Å²) in [4.78, 5) is 24.4. The lowest BCUT2D eigenvalue weighted by molar-refractivity contribution is -0.130. The van der Waals surface area contributed by atoms with E-state index in [4.69, 9.17) is 0 Å². The van der Waals surface area contributed by atoms with Crippen LogP contribution in [0.15, 0.2) is 36.5 Å². The quantitative estimate of drug-likeness (QED) is 0.614. The third-order valence-electron chi connectivity index (χ3n) is 4.34.